The van der Waals surface area contributed by atoms with Crippen molar-refractivity contribution in [2.24, 2.45) is 52.3 Å². The fraction of sp³-hybridized carbons (Fsp3) is 0.857. The number of amides is 1. The summed E-state index contributed by atoms with van der Waals surface area (Å²) >= 11 is 0. The van der Waals surface area contributed by atoms with Crippen LogP contribution in [0.25, 0.3) is 0 Å². The minimum Gasteiger partial charge on any atom is -0.446 e. The van der Waals surface area contributed by atoms with Crippen LogP contribution in [0.1, 0.15) is 99.3 Å². The lowest BCUT2D eigenvalue weighted by molar-refractivity contribution is -0.0550. The second-order valence-electron chi connectivity index (χ2n) is 14.8. The van der Waals surface area contributed by atoms with E-state index in [0.29, 0.717) is 36.9 Å². The summed E-state index contributed by atoms with van der Waals surface area (Å²) in [4.78, 5) is 14.5. The lowest BCUT2D eigenvalue weighted by Gasteiger charge is -2.58. The van der Waals surface area contributed by atoms with E-state index < -0.39 is 0 Å². The highest BCUT2D eigenvalue weighted by Gasteiger charge is 2.59. The Morgan fingerprint density at radius 3 is 2.60 bits per heavy atom. The van der Waals surface area contributed by atoms with Crippen molar-refractivity contribution in [2.45, 2.75) is 105 Å². The molecule has 0 heterocycles. The molecule has 228 valence electrons. The zero-order valence-electron chi connectivity index (χ0n) is 26.8. The van der Waals surface area contributed by atoms with Gasteiger partial charge in [-0.1, -0.05) is 65.3 Å². The Hall–Kier alpha value is -1.33. The van der Waals surface area contributed by atoms with Crippen molar-refractivity contribution >= 4 is 6.09 Å². The molecule has 4 aliphatic rings. The maximum Gasteiger partial charge on any atom is 0.407 e. The van der Waals surface area contributed by atoms with Crippen LogP contribution in [0.15, 0.2) is 23.8 Å². The third-order valence-electron chi connectivity index (χ3n) is 12.3. The number of likely N-dealkylation sites (N-methyl/N-ethyl adjacent to an activating group) is 1. The molecule has 1 amide bonds. The summed E-state index contributed by atoms with van der Waals surface area (Å²) in [5.74, 6) is 5.33. The Balaban J connectivity index is 1.36. The molecule has 5 heteroatoms. The number of ether oxygens (including phenoxy) is 1. The second-order valence-corrected chi connectivity index (χ2v) is 14.8. The molecule has 1 unspecified atom stereocenters. The van der Waals surface area contributed by atoms with Crippen molar-refractivity contribution in [3.63, 3.8) is 0 Å². The van der Waals surface area contributed by atoms with Crippen LogP contribution in [0.2, 0.25) is 0 Å². The highest BCUT2D eigenvalue weighted by molar-refractivity contribution is 5.67. The Labute approximate surface area is 245 Å². The molecule has 0 aromatic heterocycles. The fourth-order valence-electron chi connectivity index (χ4n) is 9.74. The molecule has 0 spiro atoms. The summed E-state index contributed by atoms with van der Waals surface area (Å²) in [6.07, 6.45) is 18.4. The molecule has 0 aliphatic heterocycles. The number of allylic oxidation sites excluding steroid dienone is 3. The molecule has 40 heavy (non-hydrogen) atoms. The van der Waals surface area contributed by atoms with E-state index >= 15 is 0 Å². The molecule has 0 saturated heterocycles. The number of aliphatic hydroxyl groups excluding tert-OH is 1. The summed E-state index contributed by atoms with van der Waals surface area (Å²) < 4.78 is 5.89. The Morgan fingerprint density at radius 1 is 1.12 bits per heavy atom. The third-order valence-corrected chi connectivity index (χ3v) is 12.3. The Bertz CT molecular complexity index is 914. The van der Waals surface area contributed by atoms with Gasteiger partial charge in [0.2, 0.25) is 0 Å². The number of hydrogen-bond donors (Lipinski definition) is 2. The van der Waals surface area contributed by atoms with Crippen molar-refractivity contribution in [3.8, 4) is 0 Å². The molecule has 0 aromatic rings. The van der Waals surface area contributed by atoms with Gasteiger partial charge in [-0.15, -0.1) is 0 Å². The van der Waals surface area contributed by atoms with E-state index in [4.69, 9.17) is 9.84 Å². The highest BCUT2D eigenvalue weighted by Crippen LogP contribution is 2.67. The predicted octanol–water partition coefficient (Wildman–Crippen LogP) is 7.46. The summed E-state index contributed by atoms with van der Waals surface area (Å²) in [5, 5.41) is 11.9. The fourth-order valence-corrected chi connectivity index (χ4v) is 9.74. The standard InChI is InChI=1S/C35H60N2O3/c1-8-26(24(2)3)10-9-25(4)30-13-14-31-29-12-11-27-23-28(40-33(39)36-19-20-37(7)21-22-38)15-17-34(27,5)32(29)16-18-35(30,31)6/h9-11,24-26,28-32,38H,8,12-23H2,1-7H3,(H,36,39)/b10-9+/t25-,26-,28+,29+,30-,31+,32+,34?,35-/m1/s1. The molecule has 0 bridgehead atoms. The van der Waals surface area contributed by atoms with Gasteiger partial charge in [-0.25, -0.2) is 4.79 Å². The largest absolute Gasteiger partial charge is 0.446 e. The molecular formula is C35H60N2O3. The maximum absolute atomic E-state index is 12.5. The molecule has 0 aromatic carbocycles. The van der Waals surface area contributed by atoms with Crippen LogP contribution in [-0.2, 0) is 4.74 Å². The molecule has 2 N–H and O–H groups in total. The van der Waals surface area contributed by atoms with Gasteiger partial charge < -0.3 is 20.1 Å². The van der Waals surface area contributed by atoms with Crippen LogP contribution in [-0.4, -0.2) is 55.5 Å². The summed E-state index contributed by atoms with van der Waals surface area (Å²) in [7, 11) is 1.95. The van der Waals surface area contributed by atoms with Crippen molar-refractivity contribution in [1.29, 1.82) is 0 Å². The quantitative estimate of drug-likeness (QED) is 0.259. The Kier molecular flexibility index (Phi) is 10.5. The number of fused-ring (bicyclic) bond motifs is 5. The lowest BCUT2D eigenvalue weighted by atomic mass is 9.47. The molecule has 9 atom stereocenters. The van der Waals surface area contributed by atoms with E-state index in [-0.39, 0.29) is 24.2 Å². The van der Waals surface area contributed by atoms with Gasteiger partial charge in [0.15, 0.2) is 0 Å². The Morgan fingerprint density at radius 2 is 1.90 bits per heavy atom. The van der Waals surface area contributed by atoms with Crippen molar-refractivity contribution in [3.05, 3.63) is 23.8 Å². The molecule has 5 nitrogen and oxygen atoms in total. The first kappa shape index (κ1) is 31.6. The van der Waals surface area contributed by atoms with Crippen molar-refractivity contribution < 1.29 is 14.6 Å². The van der Waals surface area contributed by atoms with Crippen LogP contribution in [0.5, 0.6) is 0 Å². The van der Waals surface area contributed by atoms with Crippen LogP contribution in [0, 0.1) is 52.3 Å². The van der Waals surface area contributed by atoms with E-state index in [1.165, 1.54) is 38.5 Å². The number of aliphatic hydroxyl groups is 1. The SMILES string of the molecule is CC[C@H](/C=C/[C@@H](C)[C@H]1CC[C@H]2[C@@H]3CC=C4C[C@@H](OC(=O)NCCN(C)CCO)CCC4(C)[C@H]3CC[C@]12C)C(C)C. The number of nitrogens with one attached hydrogen (secondary N) is 1. The van der Waals surface area contributed by atoms with Crippen molar-refractivity contribution in [1.82, 2.24) is 10.2 Å². The minimum atomic E-state index is -0.299. The van der Waals surface area contributed by atoms with E-state index in [9.17, 15) is 4.79 Å². The second kappa shape index (κ2) is 13.3. The van der Waals surface area contributed by atoms with Gasteiger partial charge >= 0.3 is 6.09 Å². The van der Waals surface area contributed by atoms with Crippen LogP contribution in [0.3, 0.4) is 0 Å². The maximum atomic E-state index is 12.5. The molecular weight excluding hydrogens is 496 g/mol. The van der Waals surface area contributed by atoms with Crippen LogP contribution < -0.4 is 5.32 Å². The minimum absolute atomic E-state index is 0.0128. The normalized spacial score (nSPS) is 37.0. The van der Waals surface area contributed by atoms with Crippen LogP contribution in [0.4, 0.5) is 4.79 Å². The van der Waals surface area contributed by atoms with E-state index in [1.54, 1.807) is 5.57 Å². The van der Waals surface area contributed by atoms with Gasteiger partial charge in [0.25, 0.3) is 0 Å². The lowest BCUT2D eigenvalue weighted by Crippen LogP contribution is -2.51. The van der Waals surface area contributed by atoms with Crippen LogP contribution >= 0.6 is 0 Å². The van der Waals surface area contributed by atoms with E-state index in [2.05, 4.69) is 65.1 Å². The average molecular weight is 557 g/mol. The van der Waals surface area contributed by atoms with Gasteiger partial charge in [0.1, 0.15) is 6.10 Å². The number of alkyl carbamates (subject to hydrolysis) is 1. The highest BCUT2D eigenvalue weighted by atomic mass is 16.6. The topological polar surface area (TPSA) is 61.8 Å². The first-order chi connectivity index (χ1) is 19.0. The van der Waals surface area contributed by atoms with E-state index in [0.717, 1.165) is 48.9 Å². The average Bonchev–Trinajstić information content (AvgIpc) is 3.26. The van der Waals surface area contributed by atoms with E-state index in [1.807, 2.05) is 11.9 Å². The van der Waals surface area contributed by atoms with Gasteiger partial charge in [-0.05, 0) is 111 Å². The van der Waals surface area contributed by atoms with Gasteiger partial charge in [0.05, 0.1) is 6.61 Å². The number of carbonyl (C=O) groups excluding carboxylic acids is 1. The zero-order valence-corrected chi connectivity index (χ0v) is 26.8. The molecule has 4 aliphatic carbocycles. The number of nitrogens with zero attached hydrogens (tertiary/aromatic N) is 1. The zero-order chi connectivity index (χ0) is 29.1. The van der Waals surface area contributed by atoms with Gasteiger partial charge in [-0.3, -0.25) is 0 Å². The summed E-state index contributed by atoms with van der Waals surface area (Å²) in [5.41, 5.74) is 2.30. The van der Waals surface area contributed by atoms with Gasteiger partial charge in [-0.2, -0.15) is 0 Å². The first-order valence-corrected chi connectivity index (χ1v) is 16.6. The summed E-state index contributed by atoms with van der Waals surface area (Å²) in [6.45, 7) is 16.7. The van der Waals surface area contributed by atoms with Gasteiger partial charge in [0, 0.05) is 26.1 Å². The third kappa shape index (κ3) is 6.51. The molecule has 4 rings (SSSR count). The number of rotatable bonds is 11. The monoisotopic (exact) mass is 556 g/mol. The molecule has 0 radical (unpaired) electrons. The molecule has 3 fully saturated rings. The number of hydrogen-bond acceptors (Lipinski definition) is 4. The van der Waals surface area contributed by atoms with Crippen molar-refractivity contribution in [2.75, 3.05) is 33.3 Å². The predicted molar refractivity (Wildman–Crippen MR) is 165 cm³/mol. The first-order valence-electron chi connectivity index (χ1n) is 16.6. The molecule has 3 saturated carbocycles. The smallest absolute Gasteiger partial charge is 0.407 e. The summed E-state index contributed by atoms with van der Waals surface area (Å²) in [6, 6.07) is 0. The number of carbonyl (C=O) groups is 1.